The molecule has 0 fully saturated rings. The van der Waals surface area contributed by atoms with Gasteiger partial charge in [0.1, 0.15) is 11.6 Å². The summed E-state index contributed by atoms with van der Waals surface area (Å²) in [5.74, 6) is 0.607. The lowest BCUT2D eigenvalue weighted by Crippen LogP contribution is -2.45. The number of aryl methyl sites for hydroxylation is 2. The van der Waals surface area contributed by atoms with Gasteiger partial charge in [0.25, 0.3) is 5.91 Å². The van der Waals surface area contributed by atoms with Gasteiger partial charge in [-0.25, -0.2) is 9.78 Å². The van der Waals surface area contributed by atoms with Crippen molar-refractivity contribution in [3.05, 3.63) is 89.2 Å². The van der Waals surface area contributed by atoms with Crippen LogP contribution in [0.1, 0.15) is 27.0 Å². The molecule has 39 heavy (non-hydrogen) atoms. The number of anilines is 5. The number of carbonyl (C=O) groups is 2. The number of fused-ring (bicyclic) bond motifs is 1. The third-order valence-electron chi connectivity index (χ3n) is 6.46. The Labute approximate surface area is 221 Å². The SMILES string of the molecule is Cc1ccc(NC(=O)c2cccc(C(F)(F)F)c2)cc1N1Cc2cnc(Nc3ccnn3C)cc2N(C)C1=O. The number of nitrogens with zero attached hydrogens (tertiary/aromatic N) is 5. The van der Waals surface area contributed by atoms with Gasteiger partial charge in [0.05, 0.1) is 29.7 Å². The largest absolute Gasteiger partial charge is 0.416 e. The highest BCUT2D eigenvalue weighted by Gasteiger charge is 2.32. The average molecular weight is 536 g/mol. The Morgan fingerprint density at radius 3 is 2.54 bits per heavy atom. The minimum absolute atomic E-state index is 0.128. The Morgan fingerprint density at radius 2 is 1.82 bits per heavy atom. The van der Waals surface area contributed by atoms with Crippen LogP contribution in [0.4, 0.5) is 46.7 Å². The second-order valence-electron chi connectivity index (χ2n) is 9.13. The summed E-state index contributed by atoms with van der Waals surface area (Å²) in [6.45, 7) is 2.07. The zero-order valence-corrected chi connectivity index (χ0v) is 21.2. The Bertz CT molecular complexity index is 1580. The van der Waals surface area contributed by atoms with Crippen molar-refractivity contribution in [3.8, 4) is 0 Å². The van der Waals surface area contributed by atoms with Gasteiger partial charge in [0.2, 0.25) is 0 Å². The molecule has 0 atom stereocenters. The van der Waals surface area contributed by atoms with Crippen LogP contribution >= 0.6 is 0 Å². The van der Waals surface area contributed by atoms with Crippen molar-refractivity contribution in [2.75, 3.05) is 27.5 Å². The molecule has 0 saturated carbocycles. The molecule has 3 amide bonds. The van der Waals surface area contributed by atoms with Crippen LogP contribution in [0.2, 0.25) is 0 Å². The maximum Gasteiger partial charge on any atom is 0.416 e. The van der Waals surface area contributed by atoms with Crippen LogP contribution in [-0.2, 0) is 19.8 Å². The Balaban J connectivity index is 1.38. The van der Waals surface area contributed by atoms with E-state index in [-0.39, 0.29) is 18.1 Å². The second kappa shape index (κ2) is 9.78. The van der Waals surface area contributed by atoms with Crippen molar-refractivity contribution < 1.29 is 22.8 Å². The first-order valence-electron chi connectivity index (χ1n) is 11.9. The van der Waals surface area contributed by atoms with Crippen molar-refractivity contribution in [2.45, 2.75) is 19.6 Å². The van der Waals surface area contributed by atoms with Crippen LogP contribution < -0.4 is 20.4 Å². The Morgan fingerprint density at radius 1 is 1.03 bits per heavy atom. The summed E-state index contributed by atoms with van der Waals surface area (Å²) in [6.07, 6.45) is -1.21. The third-order valence-corrected chi connectivity index (χ3v) is 6.46. The standard InChI is InChI=1S/C27H24F3N7O2/c1-16-7-8-20(33-25(38)17-5-4-6-19(11-17)27(28,29)30)12-21(16)37-15-18-14-31-23(13-22(18)35(2)26(37)39)34-24-9-10-32-36(24)3/h4-14H,15H2,1-3H3,(H,31,34)(H,33,38). The minimum Gasteiger partial charge on any atom is -0.325 e. The minimum atomic E-state index is -4.56. The third kappa shape index (κ3) is 5.13. The first-order chi connectivity index (χ1) is 18.5. The molecule has 3 heterocycles. The van der Waals surface area contributed by atoms with Gasteiger partial charge in [-0.15, -0.1) is 0 Å². The quantitative estimate of drug-likeness (QED) is 0.341. The molecule has 0 bridgehead atoms. The summed E-state index contributed by atoms with van der Waals surface area (Å²) in [4.78, 5) is 33.7. The molecule has 2 N–H and O–H groups in total. The van der Waals surface area contributed by atoms with Crippen LogP contribution in [0.25, 0.3) is 0 Å². The Hall–Kier alpha value is -4.87. The number of nitrogens with one attached hydrogen (secondary N) is 2. The van der Waals surface area contributed by atoms with Crippen LogP contribution in [0.15, 0.2) is 67.0 Å². The molecule has 1 aliphatic heterocycles. The topological polar surface area (TPSA) is 95.4 Å². The van der Waals surface area contributed by atoms with E-state index in [4.69, 9.17) is 0 Å². The molecule has 0 spiro atoms. The van der Waals surface area contributed by atoms with Crippen LogP contribution in [-0.4, -0.2) is 33.8 Å². The van der Waals surface area contributed by atoms with Crippen LogP contribution in [0, 0.1) is 6.92 Å². The second-order valence-corrected chi connectivity index (χ2v) is 9.13. The van der Waals surface area contributed by atoms with E-state index in [1.807, 2.05) is 6.92 Å². The molecule has 0 saturated heterocycles. The summed E-state index contributed by atoms with van der Waals surface area (Å²) in [7, 11) is 3.46. The average Bonchev–Trinajstić information content (AvgIpc) is 3.31. The highest BCUT2D eigenvalue weighted by atomic mass is 19.4. The first kappa shape index (κ1) is 25.8. The number of benzene rings is 2. The summed E-state index contributed by atoms with van der Waals surface area (Å²) in [5.41, 5.74) is 2.14. The van der Waals surface area contributed by atoms with Crippen LogP contribution in [0.3, 0.4) is 0 Å². The molecule has 200 valence electrons. The van der Waals surface area contributed by atoms with Gasteiger partial charge in [-0.1, -0.05) is 12.1 Å². The lowest BCUT2D eigenvalue weighted by molar-refractivity contribution is -0.137. The number of amides is 3. The van der Waals surface area contributed by atoms with Gasteiger partial charge in [0, 0.05) is 49.2 Å². The number of hydrogen-bond donors (Lipinski definition) is 2. The molecule has 12 heteroatoms. The van der Waals surface area contributed by atoms with E-state index in [2.05, 4.69) is 20.7 Å². The zero-order chi connectivity index (χ0) is 27.9. The number of aromatic nitrogens is 3. The van der Waals surface area contributed by atoms with Gasteiger partial charge in [0.15, 0.2) is 0 Å². The number of alkyl halides is 3. The van der Waals surface area contributed by atoms with E-state index < -0.39 is 17.6 Å². The Kier molecular flexibility index (Phi) is 6.46. The highest BCUT2D eigenvalue weighted by Crippen LogP contribution is 2.35. The van der Waals surface area contributed by atoms with Crippen molar-refractivity contribution >= 4 is 40.6 Å². The van der Waals surface area contributed by atoms with E-state index in [0.29, 0.717) is 22.9 Å². The van der Waals surface area contributed by atoms with E-state index in [1.165, 1.54) is 17.0 Å². The van der Waals surface area contributed by atoms with Gasteiger partial charge in [-0.05, 0) is 42.8 Å². The summed E-state index contributed by atoms with van der Waals surface area (Å²) >= 11 is 0. The van der Waals surface area contributed by atoms with Crippen LogP contribution in [0.5, 0.6) is 0 Å². The number of rotatable bonds is 5. The molecule has 9 nitrogen and oxygen atoms in total. The van der Waals surface area contributed by atoms with Crippen molar-refractivity contribution in [1.82, 2.24) is 14.8 Å². The molecule has 2 aromatic heterocycles. The molecule has 0 aliphatic carbocycles. The van der Waals surface area contributed by atoms with Gasteiger partial charge in [-0.3, -0.25) is 19.3 Å². The normalized spacial score (nSPS) is 13.3. The summed E-state index contributed by atoms with van der Waals surface area (Å²) in [6, 6.07) is 12.5. The van der Waals surface area contributed by atoms with E-state index in [0.717, 1.165) is 29.1 Å². The van der Waals surface area contributed by atoms with Gasteiger partial charge >= 0.3 is 12.2 Å². The summed E-state index contributed by atoms with van der Waals surface area (Å²) < 4.78 is 40.9. The van der Waals surface area contributed by atoms with Crippen molar-refractivity contribution in [1.29, 1.82) is 0 Å². The predicted molar refractivity (Wildman–Crippen MR) is 141 cm³/mol. The van der Waals surface area contributed by atoms with Gasteiger partial charge in [-0.2, -0.15) is 18.3 Å². The number of hydrogen-bond acceptors (Lipinski definition) is 5. The van der Waals surface area contributed by atoms with E-state index in [1.54, 1.807) is 66.4 Å². The van der Waals surface area contributed by atoms with Crippen molar-refractivity contribution in [3.63, 3.8) is 0 Å². The molecular formula is C27H24F3N7O2. The lowest BCUT2D eigenvalue weighted by Gasteiger charge is -2.36. The maximum absolute atomic E-state index is 13.4. The van der Waals surface area contributed by atoms with E-state index >= 15 is 0 Å². The molecule has 0 unspecified atom stereocenters. The number of halogens is 3. The van der Waals surface area contributed by atoms with E-state index in [9.17, 15) is 22.8 Å². The zero-order valence-electron chi connectivity index (χ0n) is 21.2. The van der Waals surface area contributed by atoms with Crippen molar-refractivity contribution in [2.24, 2.45) is 7.05 Å². The fraction of sp³-hybridized carbons (Fsp3) is 0.185. The molecule has 2 aromatic carbocycles. The lowest BCUT2D eigenvalue weighted by atomic mass is 10.1. The molecule has 5 rings (SSSR count). The smallest absolute Gasteiger partial charge is 0.325 e. The predicted octanol–water partition coefficient (Wildman–Crippen LogP) is 5.71. The number of pyridine rings is 1. The molecule has 4 aromatic rings. The maximum atomic E-state index is 13.4. The highest BCUT2D eigenvalue weighted by molar-refractivity contribution is 6.08. The molecule has 0 radical (unpaired) electrons. The number of carbonyl (C=O) groups excluding carboxylic acids is 2. The summed E-state index contributed by atoms with van der Waals surface area (Å²) in [5, 5.41) is 9.93. The fourth-order valence-corrected chi connectivity index (χ4v) is 4.33. The fourth-order valence-electron chi connectivity index (χ4n) is 4.33. The number of urea groups is 1. The molecule has 1 aliphatic rings. The molecular weight excluding hydrogens is 511 g/mol. The monoisotopic (exact) mass is 535 g/mol. The first-order valence-corrected chi connectivity index (χ1v) is 11.9. The van der Waals surface area contributed by atoms with Gasteiger partial charge < -0.3 is 10.6 Å².